The number of hydrogen-bond donors (Lipinski definition) is 0. The highest BCUT2D eigenvalue weighted by Crippen LogP contribution is 2.12. The zero-order chi connectivity index (χ0) is 13.3. The van der Waals surface area contributed by atoms with Crippen LogP contribution in [0.1, 0.15) is 11.1 Å². The third-order valence-corrected chi connectivity index (χ3v) is 2.55. The fourth-order valence-corrected chi connectivity index (χ4v) is 1.61. The lowest BCUT2D eigenvalue weighted by atomic mass is 10.2. The Morgan fingerprint density at radius 2 is 1.32 bits per heavy atom. The van der Waals surface area contributed by atoms with Gasteiger partial charge in [-0.05, 0) is 23.3 Å². The van der Waals surface area contributed by atoms with Gasteiger partial charge in [-0.1, -0.05) is 66.8 Å². The number of carbonyl (C=O) groups excluding carboxylic acids is 1. The van der Waals surface area contributed by atoms with E-state index in [4.69, 9.17) is 4.74 Å². The predicted molar refractivity (Wildman–Crippen MR) is 77.6 cm³/mol. The molecule has 2 aromatic carbocycles. The van der Waals surface area contributed by atoms with Crippen LogP contribution >= 0.6 is 0 Å². The van der Waals surface area contributed by atoms with Gasteiger partial charge in [-0.15, -0.1) is 0 Å². The van der Waals surface area contributed by atoms with Crippen molar-refractivity contribution in [1.29, 1.82) is 0 Å². The summed E-state index contributed by atoms with van der Waals surface area (Å²) in [6.45, 7) is 0.424. The molecule has 0 saturated heterocycles. The first-order valence-electron chi connectivity index (χ1n) is 5.98. The summed E-state index contributed by atoms with van der Waals surface area (Å²) in [7, 11) is 0. The summed E-state index contributed by atoms with van der Waals surface area (Å²) in [5.74, 6) is 0.548. The Morgan fingerprint density at radius 1 is 0.737 bits per heavy atom. The van der Waals surface area contributed by atoms with Crippen molar-refractivity contribution in [2.24, 2.45) is 0 Å². The average Bonchev–Trinajstić information content (AvgIpc) is 2.47. The molecule has 2 nitrogen and oxygen atoms in total. The molecule has 0 atom stereocenters. The van der Waals surface area contributed by atoms with Crippen molar-refractivity contribution in [3.05, 3.63) is 77.9 Å². The molecule has 2 aromatic rings. The van der Waals surface area contributed by atoms with E-state index in [0.717, 1.165) is 5.56 Å². The Bertz CT molecular complexity index is 566. The van der Waals surface area contributed by atoms with Crippen LogP contribution in [0.15, 0.2) is 66.7 Å². The van der Waals surface area contributed by atoms with Gasteiger partial charge in [-0.3, -0.25) is 4.79 Å². The Balaban J connectivity index is 1.95. The minimum atomic E-state index is 0.424. The molecule has 2 heteroatoms. The van der Waals surface area contributed by atoms with Crippen LogP contribution in [0.2, 0.25) is 0 Å². The Morgan fingerprint density at radius 3 is 1.89 bits per heavy atom. The van der Waals surface area contributed by atoms with Gasteiger partial charge in [0.2, 0.25) is 0 Å². The molecule has 0 aliphatic rings. The molecule has 19 heavy (non-hydrogen) atoms. The molecular weight excluding hydrogens is 236 g/mol. The molecule has 0 unspecified atom stereocenters. The summed E-state index contributed by atoms with van der Waals surface area (Å²) >= 11 is 0. The first-order chi connectivity index (χ1) is 9.38. The number of ether oxygens (including phenoxy) is 1. The maximum atomic E-state index is 10.2. The zero-order valence-corrected chi connectivity index (χ0v) is 10.4. The predicted octanol–water partition coefficient (Wildman–Crippen LogP) is 3.95. The van der Waals surface area contributed by atoms with E-state index >= 15 is 0 Å². The van der Waals surface area contributed by atoms with E-state index < -0.39 is 0 Å². The standard InChI is InChI=1S/C17H14O2/c18-14-19-17-12-10-16(11-13-17)9-5-4-8-15-6-2-1-3-7-15/h1-14H. The first-order valence-corrected chi connectivity index (χ1v) is 5.98. The van der Waals surface area contributed by atoms with Crippen molar-refractivity contribution in [2.45, 2.75) is 0 Å². The fraction of sp³-hybridized carbons (Fsp3) is 0. The highest BCUT2D eigenvalue weighted by atomic mass is 16.5. The Hall–Kier alpha value is -2.61. The summed E-state index contributed by atoms with van der Waals surface area (Å²) < 4.78 is 4.73. The molecule has 0 aromatic heterocycles. The molecule has 0 saturated carbocycles. The van der Waals surface area contributed by atoms with Crippen molar-refractivity contribution in [1.82, 2.24) is 0 Å². The molecule has 0 heterocycles. The van der Waals surface area contributed by atoms with Gasteiger partial charge < -0.3 is 4.74 Å². The molecule has 2 rings (SSSR count). The molecule has 0 aliphatic carbocycles. The summed E-state index contributed by atoms with van der Waals surface area (Å²) in [5.41, 5.74) is 2.22. The second-order valence-corrected chi connectivity index (χ2v) is 3.91. The van der Waals surface area contributed by atoms with Gasteiger partial charge in [-0.2, -0.15) is 0 Å². The van der Waals surface area contributed by atoms with E-state index in [-0.39, 0.29) is 0 Å². The van der Waals surface area contributed by atoms with E-state index in [0.29, 0.717) is 12.2 Å². The Kier molecular flexibility index (Phi) is 4.71. The Labute approximate surface area is 112 Å². The molecule has 0 fully saturated rings. The highest BCUT2D eigenvalue weighted by Gasteiger charge is 1.90. The minimum Gasteiger partial charge on any atom is -0.429 e. The lowest BCUT2D eigenvalue weighted by molar-refractivity contribution is -0.120. The van der Waals surface area contributed by atoms with Gasteiger partial charge in [0.1, 0.15) is 5.75 Å². The number of allylic oxidation sites excluding steroid dienone is 2. The third-order valence-electron chi connectivity index (χ3n) is 2.55. The zero-order valence-electron chi connectivity index (χ0n) is 10.4. The van der Waals surface area contributed by atoms with Crippen molar-refractivity contribution >= 4 is 18.6 Å². The molecular formula is C17H14O2. The van der Waals surface area contributed by atoms with E-state index in [1.165, 1.54) is 5.56 Å². The highest BCUT2D eigenvalue weighted by molar-refractivity contribution is 5.58. The van der Waals surface area contributed by atoms with Crippen LogP contribution in [0.4, 0.5) is 0 Å². The summed E-state index contributed by atoms with van der Waals surface area (Å²) in [5, 5.41) is 0. The second-order valence-electron chi connectivity index (χ2n) is 3.91. The van der Waals surface area contributed by atoms with Gasteiger partial charge >= 0.3 is 0 Å². The van der Waals surface area contributed by atoms with E-state index in [1.807, 2.05) is 54.6 Å². The van der Waals surface area contributed by atoms with Gasteiger partial charge in [0.15, 0.2) is 0 Å². The lowest BCUT2D eigenvalue weighted by Crippen LogP contribution is -1.87. The monoisotopic (exact) mass is 250 g/mol. The minimum absolute atomic E-state index is 0.424. The van der Waals surface area contributed by atoms with Gasteiger partial charge in [-0.25, -0.2) is 0 Å². The smallest absolute Gasteiger partial charge is 0.298 e. The van der Waals surface area contributed by atoms with E-state index in [1.54, 1.807) is 12.1 Å². The van der Waals surface area contributed by atoms with Gasteiger partial charge in [0.05, 0.1) is 0 Å². The lowest BCUT2D eigenvalue weighted by Gasteiger charge is -1.97. The van der Waals surface area contributed by atoms with Crippen molar-refractivity contribution < 1.29 is 9.53 Å². The van der Waals surface area contributed by atoms with Crippen molar-refractivity contribution in [2.75, 3.05) is 0 Å². The summed E-state index contributed by atoms with van der Waals surface area (Å²) in [6, 6.07) is 17.4. The van der Waals surface area contributed by atoms with E-state index in [2.05, 4.69) is 12.1 Å². The second kappa shape index (κ2) is 6.97. The van der Waals surface area contributed by atoms with Crippen LogP contribution in [-0.4, -0.2) is 6.47 Å². The van der Waals surface area contributed by atoms with Crippen LogP contribution in [0.3, 0.4) is 0 Å². The molecule has 0 N–H and O–H groups in total. The maximum Gasteiger partial charge on any atom is 0.298 e. The largest absolute Gasteiger partial charge is 0.429 e. The van der Waals surface area contributed by atoms with Crippen LogP contribution in [0.5, 0.6) is 5.75 Å². The van der Waals surface area contributed by atoms with Gasteiger partial charge in [0, 0.05) is 0 Å². The van der Waals surface area contributed by atoms with Crippen LogP contribution in [0.25, 0.3) is 12.2 Å². The van der Waals surface area contributed by atoms with Crippen LogP contribution in [0, 0.1) is 0 Å². The van der Waals surface area contributed by atoms with Crippen LogP contribution < -0.4 is 4.74 Å². The van der Waals surface area contributed by atoms with Crippen LogP contribution in [-0.2, 0) is 4.79 Å². The topological polar surface area (TPSA) is 26.3 Å². The number of carbonyl (C=O) groups is 1. The van der Waals surface area contributed by atoms with E-state index in [9.17, 15) is 4.79 Å². The SMILES string of the molecule is O=COc1ccc(C=CC=Cc2ccccc2)cc1. The molecule has 0 radical (unpaired) electrons. The first kappa shape index (κ1) is 12.8. The molecule has 94 valence electrons. The molecule has 0 aliphatic heterocycles. The molecule has 0 spiro atoms. The third kappa shape index (κ3) is 4.28. The molecule has 0 bridgehead atoms. The van der Waals surface area contributed by atoms with Gasteiger partial charge in [0.25, 0.3) is 6.47 Å². The quantitative estimate of drug-likeness (QED) is 0.593. The fourth-order valence-electron chi connectivity index (χ4n) is 1.61. The average molecular weight is 250 g/mol. The van der Waals surface area contributed by atoms with Crippen molar-refractivity contribution in [3.63, 3.8) is 0 Å². The number of rotatable bonds is 5. The normalized spacial score (nSPS) is 10.9. The molecule has 0 amide bonds. The summed E-state index contributed by atoms with van der Waals surface area (Å²) in [6.07, 6.45) is 8.00. The summed E-state index contributed by atoms with van der Waals surface area (Å²) in [4.78, 5) is 10.2. The van der Waals surface area contributed by atoms with Crippen molar-refractivity contribution in [3.8, 4) is 5.75 Å². The number of hydrogen-bond acceptors (Lipinski definition) is 2. The maximum absolute atomic E-state index is 10.2. The number of benzene rings is 2.